The van der Waals surface area contributed by atoms with Gasteiger partial charge in [-0.25, -0.2) is 4.79 Å². The van der Waals surface area contributed by atoms with Gasteiger partial charge in [0.25, 0.3) is 5.91 Å². The molecule has 1 N–H and O–H groups in total. The number of hydrogen-bond donors (Lipinski definition) is 1. The summed E-state index contributed by atoms with van der Waals surface area (Å²) < 4.78 is 10.3. The number of rotatable bonds is 3. The largest absolute Gasteiger partial charge is 0.497 e. The highest BCUT2D eigenvalue weighted by molar-refractivity contribution is 6.44. The van der Waals surface area contributed by atoms with Gasteiger partial charge in [-0.1, -0.05) is 29.3 Å². The number of anilines is 1. The summed E-state index contributed by atoms with van der Waals surface area (Å²) in [5.74, 6) is -0.0841. The minimum Gasteiger partial charge on any atom is -0.497 e. The number of benzene rings is 2. The van der Waals surface area contributed by atoms with Gasteiger partial charge < -0.3 is 14.5 Å². The number of amides is 1. The molecule has 122 valence electrons. The van der Waals surface area contributed by atoms with Crippen molar-refractivity contribution in [2.45, 2.75) is 0 Å². The van der Waals surface area contributed by atoms with Gasteiger partial charge in [-0.15, -0.1) is 0 Å². The maximum atomic E-state index is 12.4. The molecule has 3 rings (SSSR count). The monoisotopic (exact) mass is 363 g/mol. The highest BCUT2D eigenvalue weighted by Gasteiger charge is 2.16. The summed E-state index contributed by atoms with van der Waals surface area (Å²) in [5, 5.41) is 3.65. The molecule has 2 aromatic carbocycles. The topological polar surface area (TPSA) is 68.5 Å². The van der Waals surface area contributed by atoms with Crippen LogP contribution in [0.3, 0.4) is 0 Å². The van der Waals surface area contributed by atoms with Crippen LogP contribution in [0.25, 0.3) is 11.0 Å². The maximum absolute atomic E-state index is 12.4. The van der Waals surface area contributed by atoms with Crippen LogP contribution < -0.4 is 15.7 Å². The number of methoxy groups -OCH3 is 1. The van der Waals surface area contributed by atoms with Crippen molar-refractivity contribution in [1.82, 2.24) is 0 Å². The van der Waals surface area contributed by atoms with Crippen molar-refractivity contribution in [3.05, 3.63) is 68.5 Å². The van der Waals surface area contributed by atoms with E-state index in [1.165, 1.54) is 13.2 Å². The molecule has 0 saturated heterocycles. The molecule has 1 amide bonds. The molecule has 0 saturated carbocycles. The Kier molecular flexibility index (Phi) is 4.46. The van der Waals surface area contributed by atoms with Crippen LogP contribution in [0.4, 0.5) is 5.69 Å². The van der Waals surface area contributed by atoms with Crippen LogP contribution >= 0.6 is 23.2 Å². The van der Waals surface area contributed by atoms with Crippen LogP contribution in [0, 0.1) is 0 Å². The second-order valence-corrected chi connectivity index (χ2v) is 5.69. The number of fused-ring (bicyclic) bond motifs is 1. The Morgan fingerprint density at radius 3 is 2.71 bits per heavy atom. The number of nitrogens with one attached hydrogen (secondary N) is 1. The first kappa shape index (κ1) is 16.4. The Morgan fingerprint density at radius 1 is 1.17 bits per heavy atom. The lowest BCUT2D eigenvalue weighted by atomic mass is 10.1. The molecule has 0 radical (unpaired) electrons. The van der Waals surface area contributed by atoms with Crippen molar-refractivity contribution in [1.29, 1.82) is 0 Å². The Labute approximate surface area is 146 Å². The van der Waals surface area contributed by atoms with E-state index < -0.39 is 11.5 Å². The highest BCUT2D eigenvalue weighted by atomic mass is 35.5. The molecule has 3 aromatic rings. The zero-order valence-electron chi connectivity index (χ0n) is 12.4. The van der Waals surface area contributed by atoms with Gasteiger partial charge in [0.2, 0.25) is 0 Å². The first-order valence-electron chi connectivity index (χ1n) is 6.87. The molecule has 0 fully saturated rings. The smallest absolute Gasteiger partial charge is 0.349 e. The molecule has 7 heteroatoms. The second kappa shape index (κ2) is 6.55. The normalized spacial score (nSPS) is 10.6. The van der Waals surface area contributed by atoms with Gasteiger partial charge >= 0.3 is 5.63 Å². The molecule has 0 spiro atoms. The van der Waals surface area contributed by atoms with Crippen LogP contribution in [0.5, 0.6) is 5.75 Å². The van der Waals surface area contributed by atoms with Crippen LogP contribution in [-0.2, 0) is 0 Å². The summed E-state index contributed by atoms with van der Waals surface area (Å²) in [4.78, 5) is 24.5. The molecule has 24 heavy (non-hydrogen) atoms. The predicted molar refractivity (Wildman–Crippen MR) is 93.5 cm³/mol. The van der Waals surface area contributed by atoms with Gasteiger partial charge in [-0.05, 0) is 30.3 Å². The average Bonchev–Trinajstić information content (AvgIpc) is 2.57. The zero-order chi connectivity index (χ0) is 17.3. The predicted octanol–water partition coefficient (Wildman–Crippen LogP) is 4.36. The van der Waals surface area contributed by atoms with E-state index in [2.05, 4.69) is 5.32 Å². The van der Waals surface area contributed by atoms with Crippen molar-refractivity contribution in [2.75, 3.05) is 12.4 Å². The lowest BCUT2D eigenvalue weighted by Crippen LogP contribution is -2.20. The fraction of sp³-hybridized carbons (Fsp3) is 0.0588. The highest BCUT2D eigenvalue weighted by Crippen LogP contribution is 2.30. The van der Waals surface area contributed by atoms with Crippen molar-refractivity contribution in [3.63, 3.8) is 0 Å². The Hall–Kier alpha value is -2.50. The Bertz CT molecular complexity index is 998. The van der Waals surface area contributed by atoms with Gasteiger partial charge in [-0.3, -0.25) is 4.79 Å². The third kappa shape index (κ3) is 3.09. The third-order valence-electron chi connectivity index (χ3n) is 3.39. The number of carbonyl (C=O) groups excluding carboxylic acids is 1. The van der Waals surface area contributed by atoms with Gasteiger partial charge in [0, 0.05) is 11.5 Å². The quantitative estimate of drug-likeness (QED) is 0.701. The van der Waals surface area contributed by atoms with E-state index in [4.69, 9.17) is 32.4 Å². The van der Waals surface area contributed by atoms with Crippen LogP contribution in [-0.4, -0.2) is 13.0 Å². The molecule has 0 aliphatic carbocycles. The number of hydrogen-bond acceptors (Lipinski definition) is 4. The van der Waals surface area contributed by atoms with E-state index in [1.54, 1.807) is 36.4 Å². The van der Waals surface area contributed by atoms with Gasteiger partial charge in [0.05, 0.1) is 22.8 Å². The summed E-state index contributed by atoms with van der Waals surface area (Å²) in [7, 11) is 1.51. The molecule has 0 unspecified atom stereocenters. The van der Waals surface area contributed by atoms with Crippen LogP contribution in [0.2, 0.25) is 10.0 Å². The fourth-order valence-corrected chi connectivity index (χ4v) is 2.51. The van der Waals surface area contributed by atoms with Crippen molar-refractivity contribution in [2.24, 2.45) is 0 Å². The standard InChI is InChI=1S/C17H11Cl2NO4/c1-23-10-6-5-9-7-11(17(22)24-14(9)8-10)16(21)20-13-4-2-3-12(18)15(13)19/h2-8H,1H3,(H,20,21). The minimum absolute atomic E-state index is 0.135. The van der Waals surface area contributed by atoms with E-state index in [-0.39, 0.29) is 10.6 Å². The van der Waals surface area contributed by atoms with Gasteiger partial charge in [0.1, 0.15) is 16.9 Å². The minimum atomic E-state index is -0.758. The van der Waals surface area contributed by atoms with E-state index in [9.17, 15) is 9.59 Å². The zero-order valence-corrected chi connectivity index (χ0v) is 13.9. The molecule has 0 atom stereocenters. The summed E-state index contributed by atoms with van der Waals surface area (Å²) in [6.45, 7) is 0. The Balaban J connectivity index is 1.99. The first-order valence-corrected chi connectivity index (χ1v) is 7.62. The molecule has 1 aromatic heterocycles. The Morgan fingerprint density at radius 2 is 1.96 bits per heavy atom. The van der Waals surface area contributed by atoms with E-state index >= 15 is 0 Å². The van der Waals surface area contributed by atoms with Crippen molar-refractivity contribution in [3.8, 4) is 5.75 Å². The third-order valence-corrected chi connectivity index (χ3v) is 4.21. The van der Waals surface area contributed by atoms with Crippen molar-refractivity contribution < 1.29 is 13.9 Å². The summed E-state index contributed by atoms with van der Waals surface area (Å²) in [6.07, 6.45) is 0. The molecule has 0 aliphatic heterocycles. The summed E-state index contributed by atoms with van der Waals surface area (Å²) in [5.41, 5.74) is -0.254. The molecule has 1 heterocycles. The second-order valence-electron chi connectivity index (χ2n) is 4.91. The molecule has 0 bridgehead atoms. The van der Waals surface area contributed by atoms with Crippen LogP contribution in [0.15, 0.2) is 51.7 Å². The molecule has 0 aliphatic rings. The summed E-state index contributed by atoms with van der Waals surface area (Å²) in [6, 6.07) is 11.2. The van der Waals surface area contributed by atoms with Gasteiger partial charge in [-0.2, -0.15) is 0 Å². The maximum Gasteiger partial charge on any atom is 0.349 e. The first-order chi connectivity index (χ1) is 11.5. The number of halogens is 2. The molecular formula is C17H11Cl2NO4. The molecule has 5 nitrogen and oxygen atoms in total. The van der Waals surface area contributed by atoms with Gasteiger partial charge in [0.15, 0.2) is 0 Å². The SMILES string of the molecule is COc1ccc2cc(C(=O)Nc3cccc(Cl)c3Cl)c(=O)oc2c1. The molecular weight excluding hydrogens is 353 g/mol. The number of carbonyl (C=O) groups is 1. The lowest BCUT2D eigenvalue weighted by molar-refractivity contribution is 0.102. The van der Waals surface area contributed by atoms with Crippen LogP contribution in [0.1, 0.15) is 10.4 Å². The van der Waals surface area contributed by atoms with E-state index in [0.29, 0.717) is 27.4 Å². The lowest BCUT2D eigenvalue weighted by Gasteiger charge is -2.08. The van der Waals surface area contributed by atoms with Crippen molar-refractivity contribution >= 4 is 45.8 Å². The summed E-state index contributed by atoms with van der Waals surface area (Å²) >= 11 is 11.9. The van der Waals surface area contributed by atoms with E-state index in [0.717, 1.165) is 0 Å². The van der Waals surface area contributed by atoms with E-state index in [1.807, 2.05) is 0 Å². The average molecular weight is 364 g/mol. The number of ether oxygens (including phenoxy) is 1. The fourth-order valence-electron chi connectivity index (χ4n) is 2.17.